The highest BCUT2D eigenvalue weighted by molar-refractivity contribution is 7.79. The Bertz CT molecular complexity index is 522. The molecule has 5 heteroatoms. The molecule has 20 heavy (non-hydrogen) atoms. The van der Waals surface area contributed by atoms with Crippen molar-refractivity contribution in [2.75, 3.05) is 26.3 Å². The van der Waals surface area contributed by atoms with Gasteiger partial charge in [-0.25, -0.2) is 4.40 Å². The molecular formula is C15H18N2O2S. The number of carbonyl (C=O) groups excluding carboxylic acids is 1. The Labute approximate surface area is 124 Å². The minimum absolute atomic E-state index is 0.00914. The van der Waals surface area contributed by atoms with Crippen LogP contribution in [0.4, 0.5) is 0 Å². The molecular weight excluding hydrogens is 272 g/mol. The van der Waals surface area contributed by atoms with Gasteiger partial charge in [0.05, 0.1) is 18.9 Å². The van der Waals surface area contributed by atoms with Gasteiger partial charge in [0.15, 0.2) is 0 Å². The summed E-state index contributed by atoms with van der Waals surface area (Å²) in [6.45, 7) is 2.80. The first-order valence-corrected chi connectivity index (χ1v) is 7.29. The minimum Gasteiger partial charge on any atom is -0.374 e. The molecule has 2 aliphatic rings. The second kappa shape index (κ2) is 5.58. The van der Waals surface area contributed by atoms with E-state index in [2.05, 4.69) is 17.2 Å². The van der Waals surface area contributed by atoms with Gasteiger partial charge in [0.25, 0.3) is 5.91 Å². The molecule has 1 aromatic carbocycles. The summed E-state index contributed by atoms with van der Waals surface area (Å²) < 4.78 is 9.61. The maximum absolute atomic E-state index is 12.4. The fraction of sp³-hybridized carbons (Fsp3) is 0.467. The van der Waals surface area contributed by atoms with E-state index in [1.807, 2.05) is 35.2 Å². The monoisotopic (exact) mass is 290 g/mol. The molecule has 0 atom stereocenters. The van der Waals surface area contributed by atoms with Crippen LogP contribution in [0.1, 0.15) is 23.2 Å². The second-order valence-corrected chi connectivity index (χ2v) is 5.68. The van der Waals surface area contributed by atoms with Crippen LogP contribution >= 0.6 is 12.8 Å². The summed E-state index contributed by atoms with van der Waals surface area (Å²) in [5, 5.41) is 0. The van der Waals surface area contributed by atoms with E-state index >= 15 is 0 Å². The van der Waals surface area contributed by atoms with Crippen molar-refractivity contribution in [3.8, 4) is 0 Å². The zero-order valence-corrected chi connectivity index (χ0v) is 12.2. The van der Waals surface area contributed by atoms with E-state index in [-0.39, 0.29) is 11.3 Å². The minimum atomic E-state index is 0.00914. The number of hydrogen-bond acceptors (Lipinski definition) is 4. The van der Waals surface area contributed by atoms with Crippen molar-refractivity contribution in [2.24, 2.45) is 9.81 Å². The van der Waals surface area contributed by atoms with Crippen LogP contribution in [0.3, 0.4) is 0 Å². The Morgan fingerprint density at radius 1 is 1.25 bits per heavy atom. The van der Waals surface area contributed by atoms with Gasteiger partial charge in [0.2, 0.25) is 0 Å². The lowest BCUT2D eigenvalue weighted by Gasteiger charge is -2.38. The third-order valence-electron chi connectivity index (χ3n) is 4.38. The maximum Gasteiger partial charge on any atom is 0.253 e. The molecule has 0 N–H and O–H groups in total. The van der Waals surface area contributed by atoms with E-state index in [1.54, 1.807) is 0 Å². The highest BCUT2D eigenvalue weighted by Gasteiger charge is 2.44. The first kappa shape index (κ1) is 13.6. The normalized spacial score (nSPS) is 23.4. The zero-order valence-electron chi connectivity index (χ0n) is 11.3. The van der Waals surface area contributed by atoms with Gasteiger partial charge >= 0.3 is 0 Å². The number of hydrogen-bond donors (Lipinski definition) is 1. The summed E-state index contributed by atoms with van der Waals surface area (Å²) in [4.78, 5) is 14.3. The quantitative estimate of drug-likeness (QED) is 0.806. The molecule has 2 heterocycles. The van der Waals surface area contributed by atoms with E-state index < -0.39 is 0 Å². The predicted molar refractivity (Wildman–Crippen MR) is 81.3 cm³/mol. The standard InChI is InChI=1S/C15H18N2O2S/c18-14(12-4-2-1-3-5-12)17-8-6-15(7-9-17)11-19-10-13(15)16-20/h1-5,20H,6-11H2/b16-13+. The molecule has 1 aromatic rings. The fourth-order valence-electron chi connectivity index (χ4n) is 3.05. The van der Waals surface area contributed by atoms with Crippen LogP contribution in [-0.4, -0.2) is 42.8 Å². The lowest BCUT2D eigenvalue weighted by atomic mass is 9.76. The lowest BCUT2D eigenvalue weighted by Crippen LogP contribution is -2.46. The van der Waals surface area contributed by atoms with Crippen LogP contribution in [0.15, 0.2) is 34.7 Å². The van der Waals surface area contributed by atoms with Crippen molar-refractivity contribution in [2.45, 2.75) is 12.8 Å². The molecule has 0 radical (unpaired) electrons. The largest absolute Gasteiger partial charge is 0.374 e. The van der Waals surface area contributed by atoms with Gasteiger partial charge in [0, 0.05) is 24.1 Å². The van der Waals surface area contributed by atoms with Crippen LogP contribution in [0, 0.1) is 5.41 Å². The number of likely N-dealkylation sites (tertiary alicyclic amines) is 1. The Hall–Kier alpha value is -1.33. The van der Waals surface area contributed by atoms with Gasteiger partial charge in [-0.15, -0.1) is 0 Å². The molecule has 0 aliphatic carbocycles. The van der Waals surface area contributed by atoms with E-state index in [1.165, 1.54) is 0 Å². The Kier molecular flexibility index (Phi) is 3.81. The first-order chi connectivity index (χ1) is 9.75. The van der Waals surface area contributed by atoms with E-state index in [4.69, 9.17) is 4.74 Å². The molecule has 106 valence electrons. The van der Waals surface area contributed by atoms with E-state index in [0.29, 0.717) is 13.2 Å². The third kappa shape index (κ3) is 2.36. The maximum atomic E-state index is 12.4. The number of benzene rings is 1. The highest BCUT2D eigenvalue weighted by atomic mass is 32.1. The highest BCUT2D eigenvalue weighted by Crippen LogP contribution is 2.38. The molecule has 0 aromatic heterocycles. The van der Waals surface area contributed by atoms with Crippen LogP contribution < -0.4 is 0 Å². The second-order valence-electron chi connectivity index (χ2n) is 5.48. The molecule has 4 nitrogen and oxygen atoms in total. The Morgan fingerprint density at radius 3 is 2.60 bits per heavy atom. The third-order valence-corrected chi connectivity index (χ3v) is 4.62. The van der Waals surface area contributed by atoms with Gasteiger partial charge in [-0.3, -0.25) is 4.79 Å². The number of nitrogens with zero attached hydrogens (tertiary/aromatic N) is 2. The first-order valence-electron chi connectivity index (χ1n) is 6.89. The van der Waals surface area contributed by atoms with Gasteiger partial charge in [-0.1, -0.05) is 18.2 Å². The topological polar surface area (TPSA) is 41.9 Å². The lowest BCUT2D eigenvalue weighted by molar-refractivity contribution is 0.0587. The van der Waals surface area contributed by atoms with Gasteiger partial charge in [0.1, 0.15) is 0 Å². The van der Waals surface area contributed by atoms with E-state index in [0.717, 1.165) is 37.2 Å². The molecule has 2 fully saturated rings. The fourth-order valence-corrected chi connectivity index (χ4v) is 3.32. The zero-order chi connectivity index (χ0) is 14.0. The number of ether oxygens (including phenoxy) is 1. The average molecular weight is 290 g/mol. The summed E-state index contributed by atoms with van der Waals surface area (Å²) in [5.41, 5.74) is 1.80. The summed E-state index contributed by atoms with van der Waals surface area (Å²) >= 11 is 4.05. The van der Waals surface area contributed by atoms with Gasteiger partial charge in [-0.2, -0.15) is 0 Å². The van der Waals surface area contributed by atoms with Crippen molar-refractivity contribution in [1.29, 1.82) is 0 Å². The Morgan fingerprint density at radius 2 is 1.95 bits per heavy atom. The summed E-state index contributed by atoms with van der Waals surface area (Å²) in [7, 11) is 0. The summed E-state index contributed by atoms with van der Waals surface area (Å²) in [5.74, 6) is 0.115. The predicted octanol–water partition coefficient (Wildman–Crippen LogP) is 2.23. The van der Waals surface area contributed by atoms with Gasteiger partial charge in [-0.05, 0) is 37.8 Å². The van der Waals surface area contributed by atoms with Crippen molar-refractivity contribution in [1.82, 2.24) is 4.90 Å². The molecule has 1 spiro atoms. The number of carbonyl (C=O) groups is 1. The number of thiol groups is 1. The van der Waals surface area contributed by atoms with Gasteiger partial charge < -0.3 is 9.64 Å². The molecule has 0 saturated carbocycles. The molecule has 0 bridgehead atoms. The van der Waals surface area contributed by atoms with Crippen molar-refractivity contribution < 1.29 is 9.53 Å². The van der Waals surface area contributed by atoms with Crippen LogP contribution in [0.5, 0.6) is 0 Å². The smallest absolute Gasteiger partial charge is 0.253 e. The van der Waals surface area contributed by atoms with Crippen LogP contribution in [0.2, 0.25) is 0 Å². The molecule has 2 saturated heterocycles. The van der Waals surface area contributed by atoms with Crippen molar-refractivity contribution >= 4 is 24.4 Å². The molecule has 3 rings (SSSR count). The molecule has 2 aliphatic heterocycles. The summed E-state index contributed by atoms with van der Waals surface area (Å²) in [6, 6.07) is 9.45. The molecule has 1 amide bonds. The van der Waals surface area contributed by atoms with Crippen molar-refractivity contribution in [3.05, 3.63) is 35.9 Å². The molecule has 0 unspecified atom stereocenters. The number of rotatable bonds is 1. The van der Waals surface area contributed by atoms with Crippen LogP contribution in [0.25, 0.3) is 0 Å². The Balaban J connectivity index is 1.69. The SMILES string of the molecule is O=C(c1ccccc1)N1CCC2(CC1)COC/C2=N\S. The van der Waals surface area contributed by atoms with Crippen LogP contribution in [-0.2, 0) is 4.74 Å². The number of piperidine rings is 1. The van der Waals surface area contributed by atoms with Crippen molar-refractivity contribution in [3.63, 3.8) is 0 Å². The average Bonchev–Trinajstić information content (AvgIpc) is 2.90. The van der Waals surface area contributed by atoms with E-state index in [9.17, 15) is 4.79 Å². The summed E-state index contributed by atoms with van der Waals surface area (Å²) in [6.07, 6.45) is 1.82. The number of amides is 1.